The fourth-order valence-electron chi connectivity index (χ4n) is 1.24. The smallest absolute Gasteiger partial charge is 0.338 e. The molecular weight excluding hydrogens is 284 g/mol. The number of esters is 1. The molecule has 1 rings (SSSR count). The van der Waals surface area contributed by atoms with Crippen molar-refractivity contribution < 1.29 is 19.1 Å². The van der Waals surface area contributed by atoms with E-state index in [-0.39, 0.29) is 6.47 Å². The Hall–Kier alpha value is -2.37. The molecule has 0 bridgehead atoms. The number of pyridine rings is 1. The van der Waals surface area contributed by atoms with Crippen LogP contribution in [-0.2, 0) is 19.1 Å². The summed E-state index contributed by atoms with van der Waals surface area (Å²) in [4.78, 5) is 26.2. The van der Waals surface area contributed by atoms with E-state index in [0.29, 0.717) is 11.4 Å². The molecule has 0 aliphatic rings. The highest BCUT2D eigenvalue weighted by molar-refractivity contribution is 5.88. The third kappa shape index (κ3) is 7.42. The van der Waals surface area contributed by atoms with Gasteiger partial charge >= 0.3 is 5.97 Å². The second-order valence-corrected chi connectivity index (χ2v) is 4.70. The molecule has 0 saturated heterocycles. The first-order valence-corrected chi connectivity index (χ1v) is 7.05. The average Bonchev–Trinajstić information content (AvgIpc) is 2.47. The van der Waals surface area contributed by atoms with Crippen LogP contribution in [0.5, 0.6) is 0 Å². The van der Waals surface area contributed by atoms with Gasteiger partial charge in [-0.2, -0.15) is 0 Å². The predicted molar refractivity (Wildman–Crippen MR) is 85.0 cm³/mol. The van der Waals surface area contributed by atoms with Crippen LogP contribution in [0.2, 0.25) is 0 Å². The van der Waals surface area contributed by atoms with Gasteiger partial charge in [0.15, 0.2) is 0 Å². The lowest BCUT2D eigenvalue weighted by atomic mass is 10.3. The van der Waals surface area contributed by atoms with Crippen molar-refractivity contribution in [2.45, 2.75) is 47.3 Å². The third-order valence-electron chi connectivity index (χ3n) is 2.34. The van der Waals surface area contributed by atoms with Crippen molar-refractivity contribution in [3.05, 3.63) is 35.7 Å². The fourth-order valence-corrected chi connectivity index (χ4v) is 1.24. The number of hydrogen-bond donors (Lipinski definition) is 1. The van der Waals surface area contributed by atoms with Crippen LogP contribution in [0.3, 0.4) is 0 Å². The quantitative estimate of drug-likeness (QED) is 0.376. The zero-order valence-electron chi connectivity index (χ0n) is 14.0. The van der Waals surface area contributed by atoms with E-state index in [1.165, 1.54) is 20.0 Å². The Balaban J connectivity index is 0.00000211. The van der Waals surface area contributed by atoms with E-state index in [2.05, 4.69) is 15.0 Å². The van der Waals surface area contributed by atoms with Gasteiger partial charge in [0.05, 0.1) is 5.57 Å². The molecular formula is C16H24N2O4. The monoisotopic (exact) mass is 308 g/mol. The van der Waals surface area contributed by atoms with Crippen LogP contribution in [0.15, 0.2) is 30.1 Å². The van der Waals surface area contributed by atoms with Crippen molar-refractivity contribution in [2.24, 2.45) is 0 Å². The molecule has 1 aromatic heterocycles. The first kappa shape index (κ1) is 19.6. The van der Waals surface area contributed by atoms with Crippen molar-refractivity contribution in [3.8, 4) is 0 Å². The van der Waals surface area contributed by atoms with Gasteiger partial charge < -0.3 is 14.8 Å². The Morgan fingerprint density at radius 3 is 2.45 bits per heavy atom. The zero-order valence-corrected chi connectivity index (χ0v) is 14.0. The minimum atomic E-state index is -1.30. The van der Waals surface area contributed by atoms with Gasteiger partial charge in [-0.3, -0.25) is 4.79 Å². The van der Waals surface area contributed by atoms with Crippen molar-refractivity contribution in [3.63, 3.8) is 0 Å². The fraction of sp³-hybridized carbons (Fsp3) is 0.438. The van der Waals surface area contributed by atoms with Gasteiger partial charge in [0.1, 0.15) is 5.82 Å². The predicted octanol–water partition coefficient (Wildman–Crippen LogP) is 3.18. The lowest BCUT2D eigenvalue weighted by Crippen LogP contribution is -2.31. The summed E-state index contributed by atoms with van der Waals surface area (Å²) in [5.74, 6) is -1.27. The van der Waals surface area contributed by atoms with Crippen LogP contribution in [0.4, 0.5) is 5.82 Å². The number of aryl methyl sites for hydroxylation is 1. The van der Waals surface area contributed by atoms with E-state index in [1.807, 2.05) is 26.8 Å². The number of hydrogen-bond acceptors (Lipinski definition) is 6. The number of rotatable bonds is 6. The number of carbonyl (C=O) groups excluding carboxylic acids is 2. The molecule has 6 nitrogen and oxygen atoms in total. The number of nitrogens with zero attached hydrogens (tertiary/aromatic N) is 1. The second kappa shape index (κ2) is 9.55. The Kier molecular flexibility index (Phi) is 8.52. The molecule has 0 aliphatic carbocycles. The first-order chi connectivity index (χ1) is 10.3. The molecule has 0 saturated carbocycles. The standard InChI is InChI=1S/C14H18N2O4.C2H6/c1-10-5-6-12(15-7-10)16-8-11(2)13(18)20-14(3,4)19-9-17;1-2/h5-9H,1-4H3,(H,15,16);1-2H3/b11-8+;. The molecule has 0 spiro atoms. The van der Waals surface area contributed by atoms with E-state index in [4.69, 9.17) is 4.74 Å². The number of carbonyl (C=O) groups is 2. The molecule has 122 valence electrons. The van der Waals surface area contributed by atoms with Gasteiger partial charge in [-0.05, 0) is 25.5 Å². The minimum absolute atomic E-state index is 0.237. The Bertz CT molecular complexity index is 507. The van der Waals surface area contributed by atoms with Crippen LogP contribution < -0.4 is 5.32 Å². The molecule has 0 aromatic carbocycles. The second-order valence-electron chi connectivity index (χ2n) is 4.70. The molecule has 0 amide bonds. The van der Waals surface area contributed by atoms with Gasteiger partial charge in [-0.15, -0.1) is 0 Å². The molecule has 0 fully saturated rings. The van der Waals surface area contributed by atoms with E-state index in [1.54, 1.807) is 19.2 Å². The van der Waals surface area contributed by atoms with Crippen molar-refractivity contribution in [2.75, 3.05) is 5.32 Å². The van der Waals surface area contributed by atoms with Gasteiger partial charge in [0.25, 0.3) is 12.3 Å². The van der Waals surface area contributed by atoms with Crippen molar-refractivity contribution in [1.82, 2.24) is 4.98 Å². The maximum Gasteiger partial charge on any atom is 0.338 e. The summed E-state index contributed by atoms with van der Waals surface area (Å²) in [5.41, 5.74) is 1.37. The summed E-state index contributed by atoms with van der Waals surface area (Å²) < 4.78 is 9.67. The van der Waals surface area contributed by atoms with E-state index in [0.717, 1.165) is 5.56 Å². The molecule has 0 unspecified atom stereocenters. The van der Waals surface area contributed by atoms with Crippen LogP contribution in [0.1, 0.15) is 40.2 Å². The highest BCUT2D eigenvalue weighted by Crippen LogP contribution is 2.13. The summed E-state index contributed by atoms with van der Waals surface area (Å²) in [6.07, 6.45) is 3.20. The van der Waals surface area contributed by atoms with E-state index in [9.17, 15) is 9.59 Å². The van der Waals surface area contributed by atoms with Crippen LogP contribution in [-0.4, -0.2) is 23.2 Å². The van der Waals surface area contributed by atoms with Gasteiger partial charge in [0.2, 0.25) is 0 Å². The summed E-state index contributed by atoms with van der Waals surface area (Å²) in [5, 5.41) is 2.89. The normalized spacial score (nSPS) is 10.9. The van der Waals surface area contributed by atoms with Crippen LogP contribution >= 0.6 is 0 Å². The Labute approximate surface area is 131 Å². The zero-order chi connectivity index (χ0) is 17.2. The highest BCUT2D eigenvalue weighted by atomic mass is 16.7. The van der Waals surface area contributed by atoms with E-state index >= 15 is 0 Å². The Morgan fingerprint density at radius 2 is 1.95 bits per heavy atom. The molecule has 1 heterocycles. The molecule has 0 atom stereocenters. The first-order valence-electron chi connectivity index (χ1n) is 7.05. The topological polar surface area (TPSA) is 77.5 Å². The highest BCUT2D eigenvalue weighted by Gasteiger charge is 2.24. The lowest BCUT2D eigenvalue weighted by molar-refractivity contribution is -0.204. The van der Waals surface area contributed by atoms with Crippen molar-refractivity contribution in [1.29, 1.82) is 0 Å². The Morgan fingerprint density at radius 1 is 1.32 bits per heavy atom. The van der Waals surface area contributed by atoms with Gasteiger partial charge in [-0.25, -0.2) is 9.78 Å². The number of ether oxygens (including phenoxy) is 2. The number of nitrogens with one attached hydrogen (secondary N) is 1. The van der Waals surface area contributed by atoms with Gasteiger partial charge in [-0.1, -0.05) is 19.9 Å². The molecule has 22 heavy (non-hydrogen) atoms. The number of aromatic nitrogens is 1. The molecule has 6 heteroatoms. The molecule has 0 aliphatic heterocycles. The summed E-state index contributed by atoms with van der Waals surface area (Å²) in [7, 11) is 0. The van der Waals surface area contributed by atoms with E-state index < -0.39 is 11.8 Å². The number of anilines is 1. The summed E-state index contributed by atoms with van der Waals surface area (Å²) in [6, 6.07) is 3.70. The minimum Gasteiger partial charge on any atom is -0.425 e. The molecule has 1 aromatic rings. The SMILES string of the molecule is C/C(=C\Nc1ccc(C)cn1)C(=O)OC(C)(C)OC=O.CC. The summed E-state index contributed by atoms with van der Waals surface area (Å²) >= 11 is 0. The van der Waals surface area contributed by atoms with Gasteiger partial charge in [0, 0.05) is 26.2 Å². The average molecular weight is 308 g/mol. The van der Waals surface area contributed by atoms with Crippen LogP contribution in [0.25, 0.3) is 0 Å². The maximum atomic E-state index is 11.8. The third-order valence-corrected chi connectivity index (χ3v) is 2.34. The summed E-state index contributed by atoms with van der Waals surface area (Å²) in [6.45, 7) is 10.7. The maximum absolute atomic E-state index is 11.8. The molecule has 0 radical (unpaired) electrons. The largest absolute Gasteiger partial charge is 0.425 e. The van der Waals surface area contributed by atoms with Crippen molar-refractivity contribution >= 4 is 18.3 Å². The lowest BCUT2D eigenvalue weighted by Gasteiger charge is -2.22. The van der Waals surface area contributed by atoms with Crippen LogP contribution in [0, 0.1) is 6.92 Å². The molecule has 1 N–H and O–H groups in total.